The van der Waals surface area contributed by atoms with Gasteiger partial charge in [0.2, 0.25) is 5.91 Å². The lowest BCUT2D eigenvalue weighted by molar-refractivity contribution is -0.122. The minimum atomic E-state index is -0.505. The summed E-state index contributed by atoms with van der Waals surface area (Å²) in [7, 11) is 4.40. The highest BCUT2D eigenvalue weighted by Gasteiger charge is 2.18. The number of nitrogens with one attached hydrogen (secondary N) is 2. The molecule has 122 valence electrons. The molecule has 2 N–H and O–H groups in total. The van der Waals surface area contributed by atoms with E-state index in [9.17, 15) is 9.59 Å². The van der Waals surface area contributed by atoms with Gasteiger partial charge in [-0.25, -0.2) is 0 Å². The fraction of sp³-hybridized carbons (Fsp3) is 0.467. The van der Waals surface area contributed by atoms with Crippen LogP contribution in [0.15, 0.2) is 12.1 Å². The molecule has 1 aromatic carbocycles. The summed E-state index contributed by atoms with van der Waals surface area (Å²) in [6.45, 7) is 3.83. The van der Waals surface area contributed by atoms with Crippen LogP contribution in [0.25, 0.3) is 0 Å². The second kappa shape index (κ2) is 8.11. The average molecular weight is 310 g/mol. The van der Waals surface area contributed by atoms with E-state index in [0.29, 0.717) is 23.7 Å². The first-order valence-electron chi connectivity index (χ1n) is 6.82. The number of hydrazine groups is 1. The number of carbonyl (C=O) groups excluding carboxylic acids is 2. The van der Waals surface area contributed by atoms with Crippen LogP contribution < -0.4 is 25.1 Å². The second-order valence-electron chi connectivity index (χ2n) is 5.01. The van der Waals surface area contributed by atoms with E-state index in [2.05, 4.69) is 10.9 Å². The molecule has 22 heavy (non-hydrogen) atoms. The molecule has 0 saturated heterocycles. The molecule has 1 rings (SSSR count). The Balaban J connectivity index is 2.90. The van der Waals surface area contributed by atoms with Gasteiger partial charge in [-0.05, 0) is 5.92 Å². The monoisotopic (exact) mass is 310 g/mol. The van der Waals surface area contributed by atoms with Crippen LogP contribution in [0.5, 0.6) is 17.2 Å². The van der Waals surface area contributed by atoms with Crippen molar-refractivity contribution in [3.05, 3.63) is 17.7 Å². The standard InChI is InChI=1S/C15H22N2O5/c1-9(2)6-14(18)16-17-15(19)10-7-12(21-4)13(22-5)8-11(10)20-3/h7-9H,6H2,1-5H3,(H,16,18)(H,17,19). The molecule has 0 fully saturated rings. The number of hydrogen-bond donors (Lipinski definition) is 2. The van der Waals surface area contributed by atoms with Crippen molar-refractivity contribution in [3.63, 3.8) is 0 Å². The zero-order chi connectivity index (χ0) is 16.7. The maximum Gasteiger partial charge on any atom is 0.273 e. The fourth-order valence-electron chi connectivity index (χ4n) is 1.82. The first kappa shape index (κ1) is 17.6. The van der Waals surface area contributed by atoms with E-state index in [1.165, 1.54) is 27.4 Å². The number of carbonyl (C=O) groups is 2. The zero-order valence-corrected chi connectivity index (χ0v) is 13.5. The smallest absolute Gasteiger partial charge is 0.273 e. The zero-order valence-electron chi connectivity index (χ0n) is 13.5. The highest BCUT2D eigenvalue weighted by Crippen LogP contribution is 2.34. The highest BCUT2D eigenvalue weighted by molar-refractivity contribution is 5.98. The lowest BCUT2D eigenvalue weighted by Gasteiger charge is -2.14. The molecule has 0 unspecified atom stereocenters. The van der Waals surface area contributed by atoms with Crippen molar-refractivity contribution in [1.29, 1.82) is 0 Å². The van der Waals surface area contributed by atoms with Crippen molar-refractivity contribution >= 4 is 11.8 Å². The van der Waals surface area contributed by atoms with Gasteiger partial charge in [0.25, 0.3) is 5.91 Å². The summed E-state index contributed by atoms with van der Waals surface area (Å²) in [5, 5.41) is 0. The number of methoxy groups -OCH3 is 3. The highest BCUT2D eigenvalue weighted by atomic mass is 16.5. The topological polar surface area (TPSA) is 85.9 Å². The molecule has 0 heterocycles. The molecule has 7 heteroatoms. The molecule has 0 atom stereocenters. The SMILES string of the molecule is COc1cc(OC)c(C(=O)NNC(=O)CC(C)C)cc1OC. The Morgan fingerprint density at radius 3 is 2.00 bits per heavy atom. The van der Waals surface area contributed by atoms with Crippen LogP contribution in [-0.2, 0) is 4.79 Å². The summed E-state index contributed by atoms with van der Waals surface area (Å²) in [4.78, 5) is 23.7. The van der Waals surface area contributed by atoms with Crippen molar-refractivity contribution in [1.82, 2.24) is 10.9 Å². The summed E-state index contributed by atoms with van der Waals surface area (Å²) in [6, 6.07) is 3.03. The van der Waals surface area contributed by atoms with E-state index in [1.807, 2.05) is 13.8 Å². The van der Waals surface area contributed by atoms with Gasteiger partial charge in [0.1, 0.15) is 5.75 Å². The molecule has 1 aromatic rings. The molecule has 0 spiro atoms. The van der Waals surface area contributed by atoms with Crippen molar-refractivity contribution < 1.29 is 23.8 Å². The largest absolute Gasteiger partial charge is 0.496 e. The Hall–Kier alpha value is -2.44. The molecule has 0 bridgehead atoms. The Kier molecular flexibility index (Phi) is 6.49. The Labute approximate surface area is 129 Å². The van der Waals surface area contributed by atoms with Crippen molar-refractivity contribution in [2.45, 2.75) is 20.3 Å². The predicted octanol–water partition coefficient (Wildman–Crippen LogP) is 1.52. The van der Waals surface area contributed by atoms with Crippen LogP contribution in [0, 0.1) is 5.92 Å². The van der Waals surface area contributed by atoms with Gasteiger partial charge in [0, 0.05) is 18.6 Å². The van der Waals surface area contributed by atoms with Gasteiger partial charge in [-0.2, -0.15) is 0 Å². The Morgan fingerprint density at radius 2 is 1.50 bits per heavy atom. The molecular formula is C15H22N2O5. The molecular weight excluding hydrogens is 288 g/mol. The molecule has 0 aliphatic heterocycles. The quantitative estimate of drug-likeness (QED) is 0.778. The van der Waals surface area contributed by atoms with E-state index >= 15 is 0 Å². The van der Waals surface area contributed by atoms with Gasteiger partial charge < -0.3 is 14.2 Å². The Bertz CT molecular complexity index is 543. The summed E-state index contributed by atoms with van der Waals surface area (Å²) in [6.07, 6.45) is 0.323. The van der Waals surface area contributed by atoms with Crippen LogP contribution in [0.1, 0.15) is 30.6 Å². The van der Waals surface area contributed by atoms with Crippen molar-refractivity contribution in [2.75, 3.05) is 21.3 Å². The molecule has 0 radical (unpaired) electrons. The lowest BCUT2D eigenvalue weighted by atomic mass is 10.1. The van der Waals surface area contributed by atoms with E-state index in [0.717, 1.165) is 0 Å². The van der Waals surface area contributed by atoms with Gasteiger partial charge in [-0.15, -0.1) is 0 Å². The van der Waals surface area contributed by atoms with Gasteiger partial charge in [0.15, 0.2) is 11.5 Å². The van der Waals surface area contributed by atoms with Crippen LogP contribution in [-0.4, -0.2) is 33.1 Å². The first-order chi connectivity index (χ1) is 10.4. The molecule has 0 aromatic heterocycles. The fourth-order valence-corrected chi connectivity index (χ4v) is 1.82. The summed E-state index contributed by atoms with van der Waals surface area (Å²) >= 11 is 0. The van der Waals surface area contributed by atoms with Crippen LogP contribution >= 0.6 is 0 Å². The van der Waals surface area contributed by atoms with Gasteiger partial charge in [-0.1, -0.05) is 13.8 Å². The van der Waals surface area contributed by atoms with Gasteiger partial charge >= 0.3 is 0 Å². The number of benzene rings is 1. The molecule has 7 nitrogen and oxygen atoms in total. The van der Waals surface area contributed by atoms with Crippen LogP contribution in [0.4, 0.5) is 0 Å². The van der Waals surface area contributed by atoms with Gasteiger partial charge in [-0.3, -0.25) is 20.4 Å². The van der Waals surface area contributed by atoms with E-state index in [4.69, 9.17) is 14.2 Å². The number of amides is 2. The third kappa shape index (κ3) is 4.54. The second-order valence-corrected chi connectivity index (χ2v) is 5.01. The molecule has 0 aliphatic carbocycles. The predicted molar refractivity (Wildman–Crippen MR) is 81.2 cm³/mol. The minimum absolute atomic E-state index is 0.201. The summed E-state index contributed by atoms with van der Waals surface area (Å²) in [5.74, 6) is 0.584. The minimum Gasteiger partial charge on any atom is -0.496 e. The lowest BCUT2D eigenvalue weighted by Crippen LogP contribution is -2.42. The number of ether oxygens (including phenoxy) is 3. The van der Waals surface area contributed by atoms with Crippen molar-refractivity contribution in [3.8, 4) is 17.2 Å². The maximum atomic E-state index is 12.2. The third-order valence-electron chi connectivity index (χ3n) is 2.86. The van der Waals surface area contributed by atoms with Crippen molar-refractivity contribution in [2.24, 2.45) is 5.92 Å². The maximum absolute atomic E-state index is 12.2. The number of hydrogen-bond acceptors (Lipinski definition) is 5. The third-order valence-corrected chi connectivity index (χ3v) is 2.86. The Morgan fingerprint density at radius 1 is 0.955 bits per heavy atom. The van der Waals surface area contributed by atoms with Crippen LogP contribution in [0.2, 0.25) is 0 Å². The van der Waals surface area contributed by atoms with E-state index in [-0.39, 0.29) is 17.4 Å². The van der Waals surface area contributed by atoms with E-state index < -0.39 is 5.91 Å². The molecule has 0 saturated carbocycles. The number of rotatable bonds is 6. The van der Waals surface area contributed by atoms with Crippen LogP contribution in [0.3, 0.4) is 0 Å². The van der Waals surface area contributed by atoms with E-state index in [1.54, 1.807) is 6.07 Å². The molecule has 2 amide bonds. The van der Waals surface area contributed by atoms with Gasteiger partial charge in [0.05, 0.1) is 26.9 Å². The normalized spacial score (nSPS) is 10.1. The average Bonchev–Trinajstić information content (AvgIpc) is 2.50. The first-order valence-corrected chi connectivity index (χ1v) is 6.82. The molecule has 0 aliphatic rings. The summed E-state index contributed by atoms with van der Waals surface area (Å²) in [5.41, 5.74) is 4.94. The summed E-state index contributed by atoms with van der Waals surface area (Å²) < 4.78 is 15.5.